The number of aliphatic hydroxyl groups excluding tert-OH is 1. The zero-order valence-corrected chi connectivity index (χ0v) is 12.3. The van der Waals surface area contributed by atoms with Gasteiger partial charge in [-0.3, -0.25) is 9.78 Å². The summed E-state index contributed by atoms with van der Waals surface area (Å²) in [6, 6.07) is 7.36. The molecule has 0 spiro atoms. The van der Waals surface area contributed by atoms with Crippen molar-refractivity contribution in [3.8, 4) is 0 Å². The Balaban J connectivity index is 2.42. The van der Waals surface area contributed by atoms with Crippen molar-refractivity contribution in [1.29, 1.82) is 0 Å². The van der Waals surface area contributed by atoms with E-state index in [1.807, 2.05) is 26.0 Å². The third kappa shape index (κ3) is 3.08. The highest BCUT2D eigenvalue weighted by Crippen LogP contribution is 2.12. The molecule has 0 radical (unpaired) electrons. The van der Waals surface area contributed by atoms with Crippen LogP contribution in [0.5, 0.6) is 0 Å². The van der Waals surface area contributed by atoms with Gasteiger partial charge in [0.2, 0.25) is 0 Å². The van der Waals surface area contributed by atoms with E-state index >= 15 is 0 Å². The van der Waals surface area contributed by atoms with Crippen LogP contribution >= 0.6 is 11.6 Å². The SMILES string of the molecule is Cc1nc(Cc2ccc(Cl)cc2)c(=O)n(CCO)c1C. The summed E-state index contributed by atoms with van der Waals surface area (Å²) < 4.78 is 1.58. The second-order valence-electron chi connectivity index (χ2n) is 4.71. The normalized spacial score (nSPS) is 10.8. The molecule has 0 fully saturated rings. The fourth-order valence-corrected chi connectivity index (χ4v) is 2.24. The van der Waals surface area contributed by atoms with Crippen molar-refractivity contribution in [2.45, 2.75) is 26.8 Å². The largest absolute Gasteiger partial charge is 0.395 e. The first-order valence-electron chi connectivity index (χ1n) is 6.45. The van der Waals surface area contributed by atoms with E-state index < -0.39 is 0 Å². The molecule has 20 heavy (non-hydrogen) atoms. The molecular formula is C15H17ClN2O2. The molecule has 0 atom stereocenters. The molecule has 4 nitrogen and oxygen atoms in total. The van der Waals surface area contributed by atoms with Crippen LogP contribution in [0.3, 0.4) is 0 Å². The maximum absolute atomic E-state index is 12.4. The molecule has 0 aliphatic carbocycles. The number of aliphatic hydroxyl groups is 1. The van der Waals surface area contributed by atoms with Gasteiger partial charge in [0.25, 0.3) is 5.56 Å². The van der Waals surface area contributed by atoms with Crippen molar-refractivity contribution >= 4 is 11.6 Å². The summed E-state index contributed by atoms with van der Waals surface area (Å²) in [4.78, 5) is 16.8. The van der Waals surface area contributed by atoms with Gasteiger partial charge in [0.15, 0.2) is 0 Å². The summed E-state index contributed by atoms with van der Waals surface area (Å²) in [7, 11) is 0. The molecule has 1 aromatic heterocycles. The predicted molar refractivity (Wildman–Crippen MR) is 79.3 cm³/mol. The zero-order chi connectivity index (χ0) is 14.7. The van der Waals surface area contributed by atoms with E-state index in [1.54, 1.807) is 16.7 Å². The lowest BCUT2D eigenvalue weighted by Crippen LogP contribution is -2.29. The van der Waals surface area contributed by atoms with Gasteiger partial charge < -0.3 is 9.67 Å². The molecule has 1 heterocycles. The molecule has 0 aliphatic heterocycles. The highest BCUT2D eigenvalue weighted by Gasteiger charge is 2.11. The van der Waals surface area contributed by atoms with Crippen LogP contribution in [0.25, 0.3) is 0 Å². The van der Waals surface area contributed by atoms with Gasteiger partial charge in [-0.1, -0.05) is 23.7 Å². The van der Waals surface area contributed by atoms with E-state index in [0.29, 0.717) is 23.7 Å². The molecule has 0 bridgehead atoms. The molecule has 0 unspecified atom stereocenters. The molecule has 0 aliphatic rings. The van der Waals surface area contributed by atoms with Crippen molar-refractivity contribution in [3.05, 3.63) is 62.3 Å². The van der Waals surface area contributed by atoms with Crippen LogP contribution in [0.2, 0.25) is 5.02 Å². The van der Waals surface area contributed by atoms with Crippen LogP contribution in [0.4, 0.5) is 0 Å². The monoisotopic (exact) mass is 292 g/mol. The number of halogens is 1. The van der Waals surface area contributed by atoms with Crippen molar-refractivity contribution in [3.63, 3.8) is 0 Å². The molecule has 0 amide bonds. The summed E-state index contributed by atoms with van der Waals surface area (Å²) in [5.74, 6) is 0. The topological polar surface area (TPSA) is 55.1 Å². The number of aromatic nitrogens is 2. The van der Waals surface area contributed by atoms with Crippen molar-refractivity contribution in [2.75, 3.05) is 6.61 Å². The zero-order valence-electron chi connectivity index (χ0n) is 11.6. The maximum atomic E-state index is 12.4. The van der Waals surface area contributed by atoms with Crippen LogP contribution in [0.15, 0.2) is 29.1 Å². The Kier molecular flexibility index (Phi) is 4.57. The second kappa shape index (κ2) is 6.20. The Hall–Kier alpha value is -1.65. The number of hydrogen-bond acceptors (Lipinski definition) is 3. The van der Waals surface area contributed by atoms with E-state index in [2.05, 4.69) is 4.98 Å². The van der Waals surface area contributed by atoms with Crippen LogP contribution < -0.4 is 5.56 Å². The van der Waals surface area contributed by atoms with Crippen molar-refractivity contribution < 1.29 is 5.11 Å². The van der Waals surface area contributed by atoms with Gasteiger partial charge in [0, 0.05) is 23.7 Å². The summed E-state index contributed by atoms with van der Waals surface area (Å²) in [6.07, 6.45) is 0.461. The Labute approximate surface area is 122 Å². The fraction of sp³-hybridized carbons (Fsp3) is 0.333. The predicted octanol–water partition coefficient (Wildman–Crippen LogP) is 2.10. The lowest BCUT2D eigenvalue weighted by atomic mass is 10.1. The number of hydrogen-bond donors (Lipinski definition) is 1. The van der Waals surface area contributed by atoms with E-state index in [0.717, 1.165) is 17.0 Å². The van der Waals surface area contributed by atoms with E-state index in [1.165, 1.54) is 0 Å². The summed E-state index contributed by atoms with van der Waals surface area (Å²) in [5, 5.41) is 9.74. The van der Waals surface area contributed by atoms with Gasteiger partial charge >= 0.3 is 0 Å². The van der Waals surface area contributed by atoms with Gasteiger partial charge in [-0.05, 0) is 31.5 Å². The highest BCUT2D eigenvalue weighted by molar-refractivity contribution is 6.30. The molecule has 1 N–H and O–H groups in total. The summed E-state index contributed by atoms with van der Waals surface area (Å²) in [6.45, 7) is 3.94. The van der Waals surface area contributed by atoms with Gasteiger partial charge in [-0.2, -0.15) is 0 Å². The lowest BCUT2D eigenvalue weighted by Gasteiger charge is -2.13. The van der Waals surface area contributed by atoms with Crippen molar-refractivity contribution in [1.82, 2.24) is 9.55 Å². The van der Waals surface area contributed by atoms with Gasteiger partial charge in [-0.25, -0.2) is 0 Å². The molecule has 2 rings (SSSR count). The molecule has 106 valence electrons. The van der Waals surface area contributed by atoms with E-state index in [-0.39, 0.29) is 12.2 Å². The Morgan fingerprint density at radius 1 is 1.25 bits per heavy atom. The molecule has 0 saturated carbocycles. The summed E-state index contributed by atoms with van der Waals surface area (Å²) >= 11 is 5.85. The minimum absolute atomic E-state index is 0.0649. The van der Waals surface area contributed by atoms with Crippen LogP contribution in [-0.4, -0.2) is 21.3 Å². The van der Waals surface area contributed by atoms with Gasteiger partial charge in [0.05, 0.1) is 12.3 Å². The number of nitrogens with zero attached hydrogens (tertiary/aromatic N) is 2. The first-order valence-corrected chi connectivity index (χ1v) is 6.83. The third-order valence-electron chi connectivity index (χ3n) is 3.33. The van der Waals surface area contributed by atoms with Gasteiger partial charge in [-0.15, -0.1) is 0 Å². The lowest BCUT2D eigenvalue weighted by molar-refractivity contribution is 0.272. The minimum Gasteiger partial charge on any atom is -0.395 e. The number of rotatable bonds is 4. The first-order chi connectivity index (χ1) is 9.52. The first kappa shape index (κ1) is 14.8. The third-order valence-corrected chi connectivity index (χ3v) is 3.58. The molecule has 1 aromatic carbocycles. The van der Waals surface area contributed by atoms with Crippen LogP contribution in [0.1, 0.15) is 22.6 Å². The Bertz CT molecular complexity index is 663. The average molecular weight is 293 g/mol. The van der Waals surface area contributed by atoms with E-state index in [9.17, 15) is 4.79 Å². The number of benzene rings is 1. The summed E-state index contributed by atoms with van der Waals surface area (Å²) in [5.41, 5.74) is 2.93. The number of aryl methyl sites for hydroxylation is 1. The molecular weight excluding hydrogens is 276 g/mol. The molecule has 5 heteroatoms. The molecule has 0 saturated heterocycles. The maximum Gasteiger partial charge on any atom is 0.272 e. The van der Waals surface area contributed by atoms with Crippen LogP contribution in [-0.2, 0) is 13.0 Å². The second-order valence-corrected chi connectivity index (χ2v) is 5.15. The Morgan fingerprint density at radius 2 is 1.90 bits per heavy atom. The van der Waals surface area contributed by atoms with Crippen molar-refractivity contribution in [2.24, 2.45) is 0 Å². The molecule has 2 aromatic rings. The quantitative estimate of drug-likeness (QED) is 0.939. The van der Waals surface area contributed by atoms with Crippen LogP contribution in [0, 0.1) is 13.8 Å². The average Bonchev–Trinajstić information content (AvgIpc) is 2.43. The van der Waals surface area contributed by atoms with E-state index in [4.69, 9.17) is 16.7 Å². The van der Waals surface area contributed by atoms with Gasteiger partial charge in [0.1, 0.15) is 5.69 Å². The Morgan fingerprint density at radius 3 is 2.50 bits per heavy atom. The standard InChI is InChI=1S/C15H17ClN2O2/c1-10-11(2)18(7-8-19)15(20)14(17-10)9-12-3-5-13(16)6-4-12/h3-6,19H,7-9H2,1-2H3. The fourth-order valence-electron chi connectivity index (χ4n) is 2.11. The minimum atomic E-state index is -0.142. The highest BCUT2D eigenvalue weighted by atomic mass is 35.5. The smallest absolute Gasteiger partial charge is 0.272 e.